The summed E-state index contributed by atoms with van der Waals surface area (Å²) in [5.74, 6) is 2.13. The van der Waals surface area contributed by atoms with E-state index in [4.69, 9.17) is 10.5 Å². The van der Waals surface area contributed by atoms with Crippen molar-refractivity contribution in [2.24, 2.45) is 0 Å². The van der Waals surface area contributed by atoms with Gasteiger partial charge in [-0.25, -0.2) is 4.98 Å². The van der Waals surface area contributed by atoms with Crippen molar-refractivity contribution < 1.29 is 4.74 Å². The normalized spacial score (nSPS) is 11.4. The Morgan fingerprint density at radius 1 is 1.35 bits per heavy atom. The van der Waals surface area contributed by atoms with Gasteiger partial charge in [-0.1, -0.05) is 0 Å². The van der Waals surface area contributed by atoms with Gasteiger partial charge in [0.1, 0.15) is 17.4 Å². The summed E-state index contributed by atoms with van der Waals surface area (Å²) in [5, 5.41) is 6.72. The fraction of sp³-hybridized carbons (Fsp3) is 0.286. The van der Waals surface area contributed by atoms with Gasteiger partial charge in [-0.05, 0) is 26.0 Å². The summed E-state index contributed by atoms with van der Waals surface area (Å²) >= 11 is 0. The molecular formula is C14H17N5O. The van der Waals surface area contributed by atoms with E-state index in [9.17, 15) is 0 Å². The Balaban J connectivity index is 2.31. The van der Waals surface area contributed by atoms with E-state index in [-0.39, 0.29) is 6.04 Å². The number of anilines is 1. The Morgan fingerprint density at radius 3 is 2.75 bits per heavy atom. The second-order valence-corrected chi connectivity index (χ2v) is 4.95. The molecule has 6 heteroatoms. The Morgan fingerprint density at radius 2 is 2.15 bits per heavy atom. The Hall–Kier alpha value is -2.50. The van der Waals surface area contributed by atoms with Crippen molar-refractivity contribution >= 4 is 16.9 Å². The van der Waals surface area contributed by atoms with E-state index in [1.807, 2.05) is 18.2 Å². The van der Waals surface area contributed by atoms with E-state index in [1.165, 1.54) is 0 Å². The van der Waals surface area contributed by atoms with Crippen LogP contribution in [-0.2, 0) is 0 Å². The van der Waals surface area contributed by atoms with Crippen LogP contribution in [0.3, 0.4) is 0 Å². The third-order valence-electron chi connectivity index (χ3n) is 3.32. The van der Waals surface area contributed by atoms with E-state index < -0.39 is 0 Å². The van der Waals surface area contributed by atoms with Gasteiger partial charge in [0, 0.05) is 12.1 Å². The maximum Gasteiger partial charge on any atom is 0.146 e. The smallest absolute Gasteiger partial charge is 0.146 e. The van der Waals surface area contributed by atoms with E-state index in [2.05, 4.69) is 33.6 Å². The lowest BCUT2D eigenvalue weighted by molar-refractivity contribution is 0.415. The maximum atomic E-state index is 5.92. The molecule has 3 N–H and O–H groups in total. The summed E-state index contributed by atoms with van der Waals surface area (Å²) in [6.07, 6.45) is 1.70. The van der Waals surface area contributed by atoms with Crippen molar-refractivity contribution in [1.82, 2.24) is 19.7 Å². The van der Waals surface area contributed by atoms with Crippen LogP contribution in [0.25, 0.3) is 22.4 Å². The zero-order chi connectivity index (χ0) is 14.3. The molecule has 104 valence electrons. The van der Waals surface area contributed by atoms with Crippen LogP contribution in [0.15, 0.2) is 24.4 Å². The highest BCUT2D eigenvalue weighted by molar-refractivity contribution is 5.84. The summed E-state index contributed by atoms with van der Waals surface area (Å²) < 4.78 is 7.40. The standard InChI is InChI=1S/C14H17N5O/c1-8(2)19-12-5-4-9(20-3)6-11(12)17-14(19)10-7-16-18-13(10)15/h4-8H,1-3H3,(H3,15,16,18). The molecule has 1 aromatic carbocycles. The van der Waals surface area contributed by atoms with Crippen molar-refractivity contribution in [2.75, 3.05) is 12.8 Å². The number of H-pyrrole nitrogens is 1. The topological polar surface area (TPSA) is 81.8 Å². The van der Waals surface area contributed by atoms with Crippen LogP contribution in [-0.4, -0.2) is 26.9 Å². The molecule has 0 saturated heterocycles. The minimum absolute atomic E-state index is 0.262. The quantitative estimate of drug-likeness (QED) is 0.767. The first-order valence-corrected chi connectivity index (χ1v) is 6.47. The SMILES string of the molecule is COc1ccc2c(c1)nc(-c1cn[nH]c1N)n2C(C)C. The largest absolute Gasteiger partial charge is 0.497 e. The predicted octanol–water partition coefficient (Wildman–Crippen LogP) is 2.60. The number of nitrogens with two attached hydrogens (primary N) is 1. The lowest BCUT2D eigenvalue weighted by atomic mass is 10.2. The molecule has 3 rings (SSSR count). The van der Waals surface area contributed by atoms with Crippen LogP contribution >= 0.6 is 0 Å². The van der Waals surface area contributed by atoms with Crippen molar-refractivity contribution in [3.8, 4) is 17.1 Å². The molecule has 0 radical (unpaired) electrons. The third kappa shape index (κ3) is 1.80. The number of hydrogen-bond acceptors (Lipinski definition) is 4. The lowest BCUT2D eigenvalue weighted by Crippen LogP contribution is -2.03. The minimum atomic E-state index is 0.262. The highest BCUT2D eigenvalue weighted by atomic mass is 16.5. The highest BCUT2D eigenvalue weighted by Gasteiger charge is 2.18. The number of ether oxygens (including phenoxy) is 1. The number of imidazole rings is 1. The molecule has 0 aliphatic rings. The molecule has 0 bridgehead atoms. The van der Waals surface area contributed by atoms with Crippen LogP contribution in [0.4, 0.5) is 5.82 Å². The van der Waals surface area contributed by atoms with Crippen molar-refractivity contribution in [3.63, 3.8) is 0 Å². The zero-order valence-corrected chi connectivity index (χ0v) is 11.7. The molecule has 20 heavy (non-hydrogen) atoms. The molecule has 2 heterocycles. The number of hydrogen-bond donors (Lipinski definition) is 2. The molecule has 0 fully saturated rings. The predicted molar refractivity (Wildman–Crippen MR) is 78.7 cm³/mol. The van der Waals surface area contributed by atoms with E-state index in [1.54, 1.807) is 13.3 Å². The van der Waals surface area contributed by atoms with E-state index in [0.717, 1.165) is 28.2 Å². The molecule has 0 aliphatic heterocycles. The fourth-order valence-corrected chi connectivity index (χ4v) is 2.39. The molecule has 0 unspecified atom stereocenters. The maximum absolute atomic E-state index is 5.92. The molecule has 0 spiro atoms. The Kier molecular flexibility index (Phi) is 2.85. The summed E-state index contributed by atoms with van der Waals surface area (Å²) in [5.41, 5.74) is 8.67. The van der Waals surface area contributed by atoms with Crippen LogP contribution in [0.2, 0.25) is 0 Å². The number of nitrogens with one attached hydrogen (secondary N) is 1. The Labute approximate surface area is 116 Å². The third-order valence-corrected chi connectivity index (χ3v) is 3.32. The number of nitrogens with zero attached hydrogens (tertiary/aromatic N) is 3. The molecule has 0 atom stereocenters. The number of rotatable bonds is 3. The van der Waals surface area contributed by atoms with Gasteiger partial charge < -0.3 is 15.0 Å². The van der Waals surface area contributed by atoms with Gasteiger partial charge in [-0.3, -0.25) is 5.10 Å². The average Bonchev–Trinajstić information content (AvgIpc) is 3.00. The second kappa shape index (κ2) is 4.56. The fourth-order valence-electron chi connectivity index (χ4n) is 2.39. The van der Waals surface area contributed by atoms with Gasteiger partial charge >= 0.3 is 0 Å². The van der Waals surface area contributed by atoms with Gasteiger partial charge in [-0.15, -0.1) is 0 Å². The van der Waals surface area contributed by atoms with Gasteiger partial charge in [0.2, 0.25) is 0 Å². The summed E-state index contributed by atoms with van der Waals surface area (Å²) in [6, 6.07) is 6.14. The van der Waals surface area contributed by atoms with Crippen LogP contribution in [0.5, 0.6) is 5.75 Å². The van der Waals surface area contributed by atoms with Crippen LogP contribution in [0, 0.1) is 0 Å². The van der Waals surface area contributed by atoms with Gasteiger partial charge in [0.15, 0.2) is 0 Å². The number of aromatic amines is 1. The lowest BCUT2D eigenvalue weighted by Gasteiger charge is -2.12. The summed E-state index contributed by atoms with van der Waals surface area (Å²) in [7, 11) is 1.65. The number of benzene rings is 1. The highest BCUT2D eigenvalue weighted by Crippen LogP contribution is 2.31. The first-order chi connectivity index (χ1) is 9.61. The second-order valence-electron chi connectivity index (χ2n) is 4.95. The first-order valence-electron chi connectivity index (χ1n) is 6.47. The van der Waals surface area contributed by atoms with Crippen LogP contribution in [0.1, 0.15) is 19.9 Å². The molecule has 6 nitrogen and oxygen atoms in total. The zero-order valence-electron chi connectivity index (χ0n) is 11.7. The van der Waals surface area contributed by atoms with Gasteiger partial charge in [0.25, 0.3) is 0 Å². The summed E-state index contributed by atoms with van der Waals surface area (Å²) in [6.45, 7) is 4.23. The summed E-state index contributed by atoms with van der Waals surface area (Å²) in [4.78, 5) is 4.69. The monoisotopic (exact) mass is 271 g/mol. The average molecular weight is 271 g/mol. The molecule has 0 saturated carbocycles. The van der Waals surface area contributed by atoms with E-state index >= 15 is 0 Å². The van der Waals surface area contributed by atoms with Crippen LogP contribution < -0.4 is 10.5 Å². The molecule has 3 aromatic rings. The number of nitrogen functional groups attached to an aromatic ring is 1. The number of fused-ring (bicyclic) bond motifs is 1. The van der Waals surface area contributed by atoms with Crippen molar-refractivity contribution in [1.29, 1.82) is 0 Å². The minimum Gasteiger partial charge on any atom is -0.497 e. The Bertz CT molecular complexity index is 756. The van der Waals surface area contributed by atoms with Crippen molar-refractivity contribution in [2.45, 2.75) is 19.9 Å². The van der Waals surface area contributed by atoms with Gasteiger partial charge in [-0.2, -0.15) is 5.10 Å². The molecule has 0 aliphatic carbocycles. The molecular weight excluding hydrogens is 254 g/mol. The van der Waals surface area contributed by atoms with E-state index in [0.29, 0.717) is 5.82 Å². The number of aromatic nitrogens is 4. The molecule has 2 aromatic heterocycles. The molecule has 0 amide bonds. The van der Waals surface area contributed by atoms with Gasteiger partial charge in [0.05, 0.1) is 29.9 Å². The first kappa shape index (κ1) is 12.5. The number of methoxy groups -OCH3 is 1. The van der Waals surface area contributed by atoms with Crippen molar-refractivity contribution in [3.05, 3.63) is 24.4 Å².